The van der Waals surface area contributed by atoms with Crippen molar-refractivity contribution >= 4 is 17.6 Å². The average Bonchev–Trinajstić information content (AvgIpc) is 2.53. The van der Waals surface area contributed by atoms with Gasteiger partial charge >= 0.3 is 5.97 Å². The number of nitrogens with one attached hydrogen (secondary N) is 1. The summed E-state index contributed by atoms with van der Waals surface area (Å²) in [6, 6.07) is 5.29. The number of hydrogen-bond acceptors (Lipinski definition) is 5. The average molecular weight is 322 g/mol. The molecular weight excluding hydrogens is 300 g/mol. The predicted molar refractivity (Wildman–Crippen MR) is 85.0 cm³/mol. The van der Waals surface area contributed by atoms with Crippen molar-refractivity contribution in [3.05, 3.63) is 18.2 Å². The Morgan fingerprint density at radius 3 is 2.70 bits per heavy atom. The standard InChI is InChI=1S/C16H22N2O5/c1-2-18(7-3-4-16(20)21)11-15(19)17-12-5-6-13-14(10-12)23-9-8-22-13/h5-6,10H,2-4,7-9,11H2,1H3,(H,17,19)(H,20,21). The third-order valence-electron chi connectivity index (χ3n) is 3.51. The molecule has 7 nitrogen and oxygen atoms in total. The summed E-state index contributed by atoms with van der Waals surface area (Å²) in [5.41, 5.74) is 0.654. The fourth-order valence-electron chi connectivity index (χ4n) is 2.33. The second-order valence-electron chi connectivity index (χ2n) is 5.27. The SMILES string of the molecule is CCN(CCCC(=O)O)CC(=O)Nc1ccc2c(c1)OCCO2. The fraction of sp³-hybridized carbons (Fsp3) is 0.500. The number of carbonyl (C=O) groups excluding carboxylic acids is 1. The molecule has 7 heteroatoms. The van der Waals surface area contributed by atoms with Crippen LogP contribution in [0.3, 0.4) is 0 Å². The zero-order valence-electron chi connectivity index (χ0n) is 13.2. The number of nitrogens with zero attached hydrogens (tertiary/aromatic N) is 1. The van der Waals surface area contributed by atoms with Crippen LogP contribution in [0, 0.1) is 0 Å². The Balaban J connectivity index is 1.84. The van der Waals surface area contributed by atoms with Crippen LogP contribution in [0.5, 0.6) is 11.5 Å². The molecule has 0 radical (unpaired) electrons. The van der Waals surface area contributed by atoms with Gasteiger partial charge in [-0.05, 0) is 31.6 Å². The lowest BCUT2D eigenvalue weighted by molar-refractivity contribution is -0.137. The van der Waals surface area contributed by atoms with Crippen LogP contribution >= 0.6 is 0 Å². The monoisotopic (exact) mass is 322 g/mol. The summed E-state index contributed by atoms with van der Waals surface area (Å²) in [7, 11) is 0. The van der Waals surface area contributed by atoms with Gasteiger partial charge in [0.15, 0.2) is 11.5 Å². The van der Waals surface area contributed by atoms with Gasteiger partial charge in [-0.1, -0.05) is 6.92 Å². The maximum Gasteiger partial charge on any atom is 0.303 e. The first-order chi connectivity index (χ1) is 11.1. The molecule has 1 amide bonds. The molecule has 1 aliphatic rings. The van der Waals surface area contributed by atoms with E-state index in [4.69, 9.17) is 14.6 Å². The number of carboxylic acid groups (broad SMARTS) is 1. The number of aliphatic carboxylic acids is 1. The van der Waals surface area contributed by atoms with Crippen molar-refractivity contribution in [1.82, 2.24) is 4.90 Å². The molecule has 0 fully saturated rings. The summed E-state index contributed by atoms with van der Waals surface area (Å²) in [4.78, 5) is 24.5. The Kier molecular flexibility index (Phi) is 6.22. The van der Waals surface area contributed by atoms with Gasteiger partial charge in [0.1, 0.15) is 13.2 Å². The van der Waals surface area contributed by atoms with Gasteiger partial charge in [-0.3, -0.25) is 14.5 Å². The van der Waals surface area contributed by atoms with Crippen LogP contribution in [0.1, 0.15) is 19.8 Å². The van der Waals surface area contributed by atoms with E-state index in [1.165, 1.54) is 0 Å². The Bertz CT molecular complexity index is 561. The van der Waals surface area contributed by atoms with Crippen LogP contribution in [0.4, 0.5) is 5.69 Å². The number of fused-ring (bicyclic) bond motifs is 1. The predicted octanol–water partition coefficient (Wildman–Crippen LogP) is 1.58. The van der Waals surface area contributed by atoms with Crippen LogP contribution in [-0.2, 0) is 9.59 Å². The van der Waals surface area contributed by atoms with Gasteiger partial charge in [0.2, 0.25) is 5.91 Å². The van der Waals surface area contributed by atoms with E-state index in [0.717, 1.165) is 0 Å². The van der Waals surface area contributed by atoms with E-state index in [1.54, 1.807) is 18.2 Å². The molecule has 0 atom stereocenters. The summed E-state index contributed by atoms with van der Waals surface area (Å²) in [5, 5.41) is 11.5. The van der Waals surface area contributed by atoms with Gasteiger partial charge in [0.05, 0.1) is 6.54 Å². The van der Waals surface area contributed by atoms with Crippen molar-refractivity contribution in [3.63, 3.8) is 0 Å². The molecule has 126 valence electrons. The van der Waals surface area contributed by atoms with Crippen molar-refractivity contribution in [2.45, 2.75) is 19.8 Å². The van der Waals surface area contributed by atoms with Gasteiger partial charge in [0.25, 0.3) is 0 Å². The third kappa shape index (κ3) is 5.45. The highest BCUT2D eigenvalue weighted by Crippen LogP contribution is 2.32. The topological polar surface area (TPSA) is 88.1 Å². The van der Waals surface area contributed by atoms with E-state index in [0.29, 0.717) is 49.9 Å². The zero-order chi connectivity index (χ0) is 16.7. The fourth-order valence-corrected chi connectivity index (χ4v) is 2.33. The van der Waals surface area contributed by atoms with Crippen molar-refractivity contribution in [2.75, 3.05) is 38.2 Å². The molecule has 2 N–H and O–H groups in total. The molecule has 0 spiro atoms. The van der Waals surface area contributed by atoms with Crippen molar-refractivity contribution in [3.8, 4) is 11.5 Å². The van der Waals surface area contributed by atoms with Crippen LogP contribution in [0.25, 0.3) is 0 Å². The van der Waals surface area contributed by atoms with E-state index < -0.39 is 5.97 Å². The summed E-state index contributed by atoms with van der Waals surface area (Å²) in [5.74, 6) is 0.349. The minimum absolute atomic E-state index is 0.111. The number of anilines is 1. The van der Waals surface area contributed by atoms with E-state index >= 15 is 0 Å². The molecular formula is C16H22N2O5. The lowest BCUT2D eigenvalue weighted by atomic mass is 10.2. The molecule has 0 bridgehead atoms. The minimum atomic E-state index is -0.818. The van der Waals surface area contributed by atoms with Crippen molar-refractivity contribution in [2.24, 2.45) is 0 Å². The summed E-state index contributed by atoms with van der Waals surface area (Å²) in [6.45, 7) is 4.46. The third-order valence-corrected chi connectivity index (χ3v) is 3.51. The lowest BCUT2D eigenvalue weighted by Gasteiger charge is -2.21. The van der Waals surface area contributed by atoms with Gasteiger partial charge < -0.3 is 19.9 Å². The number of benzene rings is 1. The molecule has 0 saturated heterocycles. The van der Waals surface area contributed by atoms with E-state index in [1.807, 2.05) is 11.8 Å². The number of hydrogen-bond donors (Lipinski definition) is 2. The van der Waals surface area contributed by atoms with Crippen LogP contribution in [0.2, 0.25) is 0 Å². The second-order valence-corrected chi connectivity index (χ2v) is 5.27. The molecule has 0 aliphatic carbocycles. The smallest absolute Gasteiger partial charge is 0.303 e. The minimum Gasteiger partial charge on any atom is -0.486 e. The molecule has 23 heavy (non-hydrogen) atoms. The molecule has 0 saturated carbocycles. The highest BCUT2D eigenvalue weighted by atomic mass is 16.6. The van der Waals surface area contributed by atoms with E-state index in [-0.39, 0.29) is 18.9 Å². The molecule has 0 unspecified atom stereocenters. The maximum absolute atomic E-state index is 12.1. The molecule has 1 heterocycles. The molecule has 0 aromatic heterocycles. The number of rotatable bonds is 8. The quantitative estimate of drug-likeness (QED) is 0.755. The van der Waals surface area contributed by atoms with Gasteiger partial charge in [-0.2, -0.15) is 0 Å². The molecule has 1 aliphatic heterocycles. The van der Waals surface area contributed by atoms with E-state index in [9.17, 15) is 9.59 Å². The normalized spacial score (nSPS) is 13.0. The number of likely N-dealkylation sites (N-methyl/N-ethyl adjacent to an activating group) is 1. The second kappa shape index (κ2) is 8.38. The Morgan fingerprint density at radius 1 is 1.26 bits per heavy atom. The number of carbonyl (C=O) groups is 2. The van der Waals surface area contributed by atoms with Crippen LogP contribution in [0.15, 0.2) is 18.2 Å². The molecule has 1 aromatic rings. The number of amides is 1. The summed E-state index contributed by atoms with van der Waals surface area (Å²) < 4.78 is 10.9. The highest BCUT2D eigenvalue weighted by molar-refractivity contribution is 5.92. The Labute approximate surface area is 135 Å². The Hall–Kier alpha value is -2.28. The molecule has 2 rings (SSSR count). The van der Waals surface area contributed by atoms with Crippen LogP contribution in [-0.4, -0.2) is 54.7 Å². The van der Waals surface area contributed by atoms with Gasteiger partial charge in [-0.25, -0.2) is 0 Å². The van der Waals surface area contributed by atoms with Gasteiger partial charge in [0, 0.05) is 18.2 Å². The van der Waals surface area contributed by atoms with Crippen molar-refractivity contribution in [1.29, 1.82) is 0 Å². The highest BCUT2D eigenvalue weighted by Gasteiger charge is 2.14. The number of ether oxygens (including phenoxy) is 2. The largest absolute Gasteiger partial charge is 0.486 e. The number of carboxylic acids is 1. The molecule has 1 aromatic carbocycles. The van der Waals surface area contributed by atoms with Crippen LogP contribution < -0.4 is 14.8 Å². The van der Waals surface area contributed by atoms with Gasteiger partial charge in [-0.15, -0.1) is 0 Å². The maximum atomic E-state index is 12.1. The first kappa shape index (κ1) is 17.1. The van der Waals surface area contributed by atoms with E-state index in [2.05, 4.69) is 5.32 Å². The Morgan fingerprint density at radius 2 is 2.00 bits per heavy atom. The first-order valence-electron chi connectivity index (χ1n) is 7.72. The summed E-state index contributed by atoms with van der Waals surface area (Å²) >= 11 is 0. The van der Waals surface area contributed by atoms with Crippen molar-refractivity contribution < 1.29 is 24.2 Å². The first-order valence-corrected chi connectivity index (χ1v) is 7.72. The lowest BCUT2D eigenvalue weighted by Crippen LogP contribution is -2.34. The zero-order valence-corrected chi connectivity index (χ0v) is 13.2. The summed E-state index contributed by atoms with van der Waals surface area (Å²) in [6.07, 6.45) is 0.640.